The van der Waals surface area contributed by atoms with Crippen LogP contribution in [0, 0.1) is 11.8 Å². The molecule has 2 N–H and O–H groups in total. The van der Waals surface area contributed by atoms with Gasteiger partial charge in [-0.3, -0.25) is 0 Å². The third-order valence-corrected chi connectivity index (χ3v) is 3.32. The number of hydrogen-bond donors (Lipinski definition) is 1. The number of nitrogens with zero attached hydrogens (tertiary/aromatic N) is 1. The normalized spacial score (nSPS) is 24.5. The Morgan fingerprint density at radius 2 is 2.07 bits per heavy atom. The summed E-state index contributed by atoms with van der Waals surface area (Å²) in [5.74, 6) is 1.85. The van der Waals surface area contributed by atoms with Crippen molar-refractivity contribution in [1.82, 2.24) is 4.90 Å². The van der Waals surface area contributed by atoms with Crippen molar-refractivity contribution in [3.8, 4) is 0 Å². The smallest absolute Gasteiger partial charge is 0.0359 e. The second kappa shape index (κ2) is 4.23. The van der Waals surface area contributed by atoms with Crippen molar-refractivity contribution in [2.24, 2.45) is 11.8 Å². The highest BCUT2D eigenvalue weighted by molar-refractivity contribution is 5.46. The maximum atomic E-state index is 5.92. The molecule has 0 amide bonds. The highest BCUT2D eigenvalue weighted by Gasteiger charge is 2.32. The topological polar surface area (TPSA) is 29.3 Å². The van der Waals surface area contributed by atoms with E-state index in [4.69, 9.17) is 5.73 Å². The summed E-state index contributed by atoms with van der Waals surface area (Å²) in [5.41, 5.74) is 8.07. The first-order chi connectivity index (χ1) is 7.16. The van der Waals surface area contributed by atoms with Crippen LogP contribution < -0.4 is 5.73 Å². The minimum absolute atomic E-state index is 0.910. The van der Waals surface area contributed by atoms with Crippen LogP contribution in [-0.2, 0) is 6.54 Å². The van der Waals surface area contributed by atoms with E-state index in [1.54, 1.807) is 0 Å². The lowest BCUT2D eigenvalue weighted by atomic mass is 10.1. The molecule has 0 radical (unpaired) electrons. The largest absolute Gasteiger partial charge is 0.398 e. The van der Waals surface area contributed by atoms with Crippen LogP contribution >= 0.6 is 0 Å². The van der Waals surface area contributed by atoms with E-state index >= 15 is 0 Å². The number of anilines is 1. The Labute approximate surface area is 92.1 Å². The zero-order valence-electron chi connectivity index (χ0n) is 9.61. The second-order valence-electron chi connectivity index (χ2n) is 4.87. The number of hydrogen-bond acceptors (Lipinski definition) is 2. The fraction of sp³-hybridized carbons (Fsp3) is 0.538. The van der Waals surface area contributed by atoms with Crippen LogP contribution in [-0.4, -0.2) is 18.5 Å². The minimum atomic E-state index is 0.910. The van der Waals surface area contributed by atoms with Gasteiger partial charge in [0.15, 0.2) is 0 Å². The molecule has 0 saturated heterocycles. The van der Waals surface area contributed by atoms with Gasteiger partial charge in [0.25, 0.3) is 0 Å². The highest BCUT2D eigenvalue weighted by atomic mass is 15.1. The van der Waals surface area contributed by atoms with Gasteiger partial charge in [-0.1, -0.05) is 25.1 Å². The molecular formula is C13H20N2. The first kappa shape index (κ1) is 10.5. The Balaban J connectivity index is 1.88. The molecule has 2 nitrogen and oxygen atoms in total. The SMILES string of the molecule is CC1CC1CN(C)Cc1ccccc1N. The monoisotopic (exact) mass is 204 g/mol. The Morgan fingerprint density at radius 3 is 2.67 bits per heavy atom. The first-order valence-electron chi connectivity index (χ1n) is 5.68. The maximum absolute atomic E-state index is 5.92. The Kier molecular flexibility index (Phi) is 2.96. The zero-order valence-corrected chi connectivity index (χ0v) is 9.61. The molecule has 2 atom stereocenters. The number of benzene rings is 1. The van der Waals surface area contributed by atoms with Gasteiger partial charge in [0.05, 0.1) is 0 Å². The van der Waals surface area contributed by atoms with Crippen LogP contribution in [0.3, 0.4) is 0 Å². The predicted molar refractivity (Wildman–Crippen MR) is 64.5 cm³/mol. The number of nitrogens with two attached hydrogens (primary N) is 1. The molecule has 2 unspecified atom stereocenters. The van der Waals surface area contributed by atoms with Crippen LogP contribution in [0.25, 0.3) is 0 Å². The number of para-hydroxylation sites is 1. The Morgan fingerprint density at radius 1 is 1.40 bits per heavy atom. The van der Waals surface area contributed by atoms with Crippen molar-refractivity contribution in [3.63, 3.8) is 0 Å². The van der Waals surface area contributed by atoms with Gasteiger partial charge >= 0.3 is 0 Å². The summed E-state index contributed by atoms with van der Waals surface area (Å²) in [7, 11) is 2.18. The molecule has 0 heterocycles. The van der Waals surface area contributed by atoms with E-state index in [-0.39, 0.29) is 0 Å². The maximum Gasteiger partial charge on any atom is 0.0359 e. The third kappa shape index (κ3) is 2.72. The summed E-state index contributed by atoms with van der Waals surface area (Å²) in [6.45, 7) is 4.50. The molecule has 1 saturated carbocycles. The third-order valence-electron chi connectivity index (χ3n) is 3.32. The molecule has 1 aliphatic carbocycles. The highest BCUT2D eigenvalue weighted by Crippen LogP contribution is 2.38. The predicted octanol–water partition coefficient (Wildman–Crippen LogP) is 2.36. The standard InChI is InChI=1S/C13H20N2/c1-10-7-12(10)9-15(2)8-11-5-3-4-6-13(11)14/h3-6,10,12H,7-9,14H2,1-2H3. The van der Waals surface area contributed by atoms with Crippen molar-refractivity contribution in [3.05, 3.63) is 29.8 Å². The van der Waals surface area contributed by atoms with E-state index in [1.165, 1.54) is 18.5 Å². The molecule has 1 aromatic carbocycles. The number of nitrogen functional groups attached to an aromatic ring is 1. The van der Waals surface area contributed by atoms with Gasteiger partial charge in [-0.15, -0.1) is 0 Å². The van der Waals surface area contributed by atoms with E-state index in [0.717, 1.165) is 24.1 Å². The van der Waals surface area contributed by atoms with Gasteiger partial charge in [-0.25, -0.2) is 0 Å². The Hall–Kier alpha value is -1.02. The van der Waals surface area contributed by atoms with Crippen LogP contribution in [0.4, 0.5) is 5.69 Å². The van der Waals surface area contributed by atoms with Crippen molar-refractivity contribution in [2.75, 3.05) is 19.3 Å². The van der Waals surface area contributed by atoms with Crippen molar-refractivity contribution < 1.29 is 0 Å². The molecule has 15 heavy (non-hydrogen) atoms. The molecule has 1 aliphatic rings. The molecular weight excluding hydrogens is 184 g/mol. The van der Waals surface area contributed by atoms with Crippen LogP contribution in [0.2, 0.25) is 0 Å². The lowest BCUT2D eigenvalue weighted by Gasteiger charge is -2.17. The minimum Gasteiger partial charge on any atom is -0.398 e. The van der Waals surface area contributed by atoms with Crippen LogP contribution in [0.15, 0.2) is 24.3 Å². The molecule has 0 bridgehead atoms. The first-order valence-corrected chi connectivity index (χ1v) is 5.68. The summed E-state index contributed by atoms with van der Waals surface area (Å²) in [5, 5.41) is 0. The molecule has 0 spiro atoms. The van der Waals surface area contributed by atoms with E-state index in [9.17, 15) is 0 Å². The van der Waals surface area contributed by atoms with Gasteiger partial charge in [-0.2, -0.15) is 0 Å². The zero-order chi connectivity index (χ0) is 10.8. The lowest BCUT2D eigenvalue weighted by Crippen LogP contribution is -2.21. The summed E-state index contributed by atoms with van der Waals surface area (Å²) in [4.78, 5) is 2.37. The van der Waals surface area contributed by atoms with Gasteiger partial charge in [0.1, 0.15) is 0 Å². The van der Waals surface area contributed by atoms with Crippen molar-refractivity contribution in [1.29, 1.82) is 0 Å². The summed E-state index contributed by atoms with van der Waals surface area (Å²) < 4.78 is 0. The molecule has 82 valence electrons. The molecule has 0 aromatic heterocycles. The summed E-state index contributed by atoms with van der Waals surface area (Å²) >= 11 is 0. The van der Waals surface area contributed by atoms with Crippen LogP contribution in [0.1, 0.15) is 18.9 Å². The van der Waals surface area contributed by atoms with E-state index in [1.807, 2.05) is 12.1 Å². The molecule has 1 fully saturated rings. The summed E-state index contributed by atoms with van der Waals surface area (Å²) in [6, 6.07) is 8.13. The van der Waals surface area contributed by atoms with E-state index in [2.05, 4.69) is 31.0 Å². The Bertz CT molecular complexity index is 335. The molecule has 1 aromatic rings. The van der Waals surface area contributed by atoms with Gasteiger partial charge in [0.2, 0.25) is 0 Å². The average molecular weight is 204 g/mol. The quantitative estimate of drug-likeness (QED) is 0.763. The van der Waals surface area contributed by atoms with Crippen LogP contribution in [0.5, 0.6) is 0 Å². The van der Waals surface area contributed by atoms with Gasteiger partial charge in [0, 0.05) is 18.8 Å². The molecule has 2 rings (SSSR count). The van der Waals surface area contributed by atoms with E-state index in [0.29, 0.717) is 0 Å². The van der Waals surface area contributed by atoms with E-state index < -0.39 is 0 Å². The average Bonchev–Trinajstić information content (AvgIpc) is 2.86. The van der Waals surface area contributed by atoms with Crippen molar-refractivity contribution in [2.45, 2.75) is 19.9 Å². The van der Waals surface area contributed by atoms with Crippen molar-refractivity contribution >= 4 is 5.69 Å². The fourth-order valence-electron chi connectivity index (χ4n) is 2.09. The van der Waals surface area contributed by atoms with Gasteiger partial charge < -0.3 is 10.6 Å². The molecule has 0 aliphatic heterocycles. The second-order valence-corrected chi connectivity index (χ2v) is 4.87. The lowest BCUT2D eigenvalue weighted by molar-refractivity contribution is 0.308. The summed E-state index contributed by atoms with van der Waals surface area (Å²) in [6.07, 6.45) is 1.40. The fourth-order valence-corrected chi connectivity index (χ4v) is 2.09. The molecule has 2 heteroatoms. The number of rotatable bonds is 4. The van der Waals surface area contributed by atoms with Gasteiger partial charge in [-0.05, 0) is 36.9 Å².